The highest BCUT2D eigenvalue weighted by molar-refractivity contribution is 7.99. The van der Waals surface area contributed by atoms with Crippen molar-refractivity contribution in [3.8, 4) is 0 Å². The number of fused-ring (bicyclic) bond motifs is 1. The van der Waals surface area contributed by atoms with Crippen molar-refractivity contribution in [2.75, 3.05) is 13.1 Å². The minimum Gasteiger partial charge on any atom is -0.391 e. The third-order valence-electron chi connectivity index (χ3n) is 3.46. The first-order chi connectivity index (χ1) is 8.34. The molecule has 17 heavy (non-hydrogen) atoms. The Morgan fingerprint density at radius 3 is 3.00 bits per heavy atom. The second-order valence-electron chi connectivity index (χ2n) is 4.74. The van der Waals surface area contributed by atoms with E-state index in [0.29, 0.717) is 6.54 Å². The summed E-state index contributed by atoms with van der Waals surface area (Å²) < 4.78 is 2.24. The van der Waals surface area contributed by atoms with Gasteiger partial charge in [0.15, 0.2) is 5.16 Å². The molecule has 0 unspecified atom stereocenters. The van der Waals surface area contributed by atoms with Gasteiger partial charge in [0, 0.05) is 26.1 Å². The maximum atomic E-state index is 9.81. The molecular formula is C11H18N4OS. The molecule has 1 fully saturated rings. The van der Waals surface area contributed by atoms with Gasteiger partial charge in [-0.25, -0.2) is 0 Å². The molecule has 1 saturated heterocycles. The number of hydrogen-bond donors (Lipinski definition) is 2. The molecule has 0 radical (unpaired) electrons. The molecule has 2 aliphatic rings. The van der Waals surface area contributed by atoms with Crippen molar-refractivity contribution in [3.05, 3.63) is 5.82 Å². The normalized spacial score (nSPS) is 29.0. The SMILES string of the molecule is O[C@H]1CNC[C@@H]1Sc1nnc2n1CCCCC2. The van der Waals surface area contributed by atoms with Crippen molar-refractivity contribution in [2.45, 2.75) is 48.7 Å². The Morgan fingerprint density at radius 2 is 2.18 bits per heavy atom. The van der Waals surface area contributed by atoms with Gasteiger partial charge in [0.1, 0.15) is 5.82 Å². The lowest BCUT2D eigenvalue weighted by molar-refractivity contribution is 0.201. The average molecular weight is 254 g/mol. The first-order valence-electron chi connectivity index (χ1n) is 6.32. The summed E-state index contributed by atoms with van der Waals surface area (Å²) in [6, 6.07) is 0. The summed E-state index contributed by atoms with van der Waals surface area (Å²) in [5.41, 5.74) is 0. The van der Waals surface area contributed by atoms with Crippen molar-refractivity contribution in [1.82, 2.24) is 20.1 Å². The Hall–Kier alpha value is -0.590. The second kappa shape index (κ2) is 4.96. The van der Waals surface area contributed by atoms with Gasteiger partial charge in [0.2, 0.25) is 0 Å². The van der Waals surface area contributed by atoms with Crippen LogP contribution >= 0.6 is 11.8 Å². The monoisotopic (exact) mass is 254 g/mol. The van der Waals surface area contributed by atoms with Gasteiger partial charge in [0.05, 0.1) is 11.4 Å². The molecule has 0 amide bonds. The van der Waals surface area contributed by atoms with E-state index in [1.807, 2.05) is 0 Å². The van der Waals surface area contributed by atoms with Crippen LogP contribution in [0.3, 0.4) is 0 Å². The highest BCUT2D eigenvalue weighted by atomic mass is 32.2. The van der Waals surface area contributed by atoms with Crippen LogP contribution < -0.4 is 5.32 Å². The molecule has 2 aliphatic heterocycles. The number of nitrogens with zero attached hydrogens (tertiary/aromatic N) is 3. The summed E-state index contributed by atoms with van der Waals surface area (Å²) in [6.07, 6.45) is 4.49. The molecular weight excluding hydrogens is 236 g/mol. The van der Waals surface area contributed by atoms with Crippen LogP contribution in [-0.4, -0.2) is 44.3 Å². The summed E-state index contributed by atoms with van der Waals surface area (Å²) in [7, 11) is 0. The van der Waals surface area contributed by atoms with Crippen molar-refractivity contribution in [1.29, 1.82) is 0 Å². The first kappa shape index (κ1) is 11.5. The molecule has 3 heterocycles. The maximum absolute atomic E-state index is 9.81. The van der Waals surface area contributed by atoms with E-state index in [1.54, 1.807) is 11.8 Å². The van der Waals surface area contributed by atoms with Crippen LogP contribution in [0.25, 0.3) is 0 Å². The summed E-state index contributed by atoms with van der Waals surface area (Å²) in [4.78, 5) is 0. The van der Waals surface area contributed by atoms with Gasteiger partial charge >= 0.3 is 0 Å². The van der Waals surface area contributed by atoms with E-state index < -0.39 is 0 Å². The third kappa shape index (κ3) is 2.34. The summed E-state index contributed by atoms with van der Waals surface area (Å²) in [5.74, 6) is 1.12. The molecule has 1 aromatic rings. The van der Waals surface area contributed by atoms with E-state index in [0.717, 1.165) is 30.5 Å². The number of aliphatic hydroxyl groups is 1. The number of thioether (sulfide) groups is 1. The predicted octanol–water partition coefficient (Wildman–Crippen LogP) is 0.429. The molecule has 94 valence electrons. The molecule has 6 heteroatoms. The van der Waals surface area contributed by atoms with E-state index in [2.05, 4.69) is 20.1 Å². The first-order valence-corrected chi connectivity index (χ1v) is 7.20. The fourth-order valence-corrected chi connectivity index (χ4v) is 3.58. The van der Waals surface area contributed by atoms with E-state index >= 15 is 0 Å². The van der Waals surface area contributed by atoms with Crippen molar-refractivity contribution in [2.24, 2.45) is 0 Å². The molecule has 0 spiro atoms. The van der Waals surface area contributed by atoms with Crippen LogP contribution in [0, 0.1) is 0 Å². The Morgan fingerprint density at radius 1 is 1.24 bits per heavy atom. The van der Waals surface area contributed by atoms with Gasteiger partial charge in [-0.3, -0.25) is 0 Å². The van der Waals surface area contributed by atoms with Gasteiger partial charge in [-0.05, 0) is 12.8 Å². The minimum atomic E-state index is -0.265. The van der Waals surface area contributed by atoms with Crippen LogP contribution in [0.4, 0.5) is 0 Å². The number of β-amino-alcohol motifs (C(OH)–C–C–N with tert-alkyl or cyclic N) is 1. The zero-order chi connectivity index (χ0) is 11.7. The van der Waals surface area contributed by atoms with Crippen molar-refractivity contribution >= 4 is 11.8 Å². The summed E-state index contributed by atoms with van der Waals surface area (Å²) in [5, 5.41) is 22.7. The predicted molar refractivity (Wildman–Crippen MR) is 66.1 cm³/mol. The van der Waals surface area contributed by atoms with Crippen LogP contribution in [0.2, 0.25) is 0 Å². The Labute approximate surface area is 105 Å². The number of hydrogen-bond acceptors (Lipinski definition) is 5. The van der Waals surface area contributed by atoms with E-state index in [1.165, 1.54) is 19.3 Å². The summed E-state index contributed by atoms with van der Waals surface area (Å²) >= 11 is 1.67. The summed E-state index contributed by atoms with van der Waals surface area (Å²) in [6.45, 7) is 2.58. The van der Waals surface area contributed by atoms with Gasteiger partial charge in [-0.15, -0.1) is 10.2 Å². The average Bonchev–Trinajstić information content (AvgIpc) is 2.81. The minimum absolute atomic E-state index is 0.214. The third-order valence-corrected chi connectivity index (χ3v) is 4.76. The largest absolute Gasteiger partial charge is 0.391 e. The number of aromatic nitrogens is 3. The molecule has 0 aliphatic carbocycles. The zero-order valence-corrected chi connectivity index (χ0v) is 10.6. The van der Waals surface area contributed by atoms with Gasteiger partial charge < -0.3 is 15.0 Å². The number of nitrogens with one attached hydrogen (secondary N) is 1. The molecule has 2 atom stereocenters. The van der Waals surface area contributed by atoms with Crippen LogP contribution in [-0.2, 0) is 13.0 Å². The highest BCUT2D eigenvalue weighted by Gasteiger charge is 2.28. The molecule has 2 N–H and O–H groups in total. The van der Waals surface area contributed by atoms with Crippen LogP contribution in [0.15, 0.2) is 5.16 Å². The van der Waals surface area contributed by atoms with Crippen LogP contribution in [0.5, 0.6) is 0 Å². The van der Waals surface area contributed by atoms with Gasteiger partial charge in [0.25, 0.3) is 0 Å². The molecule has 1 aromatic heterocycles. The van der Waals surface area contributed by atoms with Crippen molar-refractivity contribution in [3.63, 3.8) is 0 Å². The number of rotatable bonds is 2. The van der Waals surface area contributed by atoms with E-state index in [-0.39, 0.29) is 11.4 Å². The molecule has 5 nitrogen and oxygen atoms in total. The number of aliphatic hydroxyl groups excluding tert-OH is 1. The Bertz CT molecular complexity index is 395. The number of aryl methyl sites for hydroxylation is 1. The fourth-order valence-electron chi connectivity index (χ4n) is 2.44. The molecule has 3 rings (SSSR count). The maximum Gasteiger partial charge on any atom is 0.191 e. The van der Waals surface area contributed by atoms with Crippen LogP contribution in [0.1, 0.15) is 25.1 Å². The van der Waals surface area contributed by atoms with E-state index in [4.69, 9.17) is 0 Å². The fraction of sp³-hybridized carbons (Fsp3) is 0.818. The standard InChI is InChI=1S/C11H18N4OS/c16-8-6-12-7-9(8)17-11-14-13-10-4-2-1-3-5-15(10)11/h8-9,12,16H,1-7H2/t8-,9-/m0/s1. The molecule has 0 bridgehead atoms. The molecule has 0 aromatic carbocycles. The highest BCUT2D eigenvalue weighted by Crippen LogP contribution is 2.28. The Kier molecular flexibility index (Phi) is 3.35. The topological polar surface area (TPSA) is 63.0 Å². The lowest BCUT2D eigenvalue weighted by atomic mass is 10.2. The van der Waals surface area contributed by atoms with Crippen molar-refractivity contribution < 1.29 is 5.11 Å². The Balaban J connectivity index is 1.76. The van der Waals surface area contributed by atoms with Gasteiger partial charge in [-0.1, -0.05) is 18.2 Å². The second-order valence-corrected chi connectivity index (χ2v) is 5.95. The quantitative estimate of drug-likeness (QED) is 0.801. The lowest BCUT2D eigenvalue weighted by Crippen LogP contribution is -2.20. The lowest BCUT2D eigenvalue weighted by Gasteiger charge is -2.13. The molecule has 0 saturated carbocycles. The van der Waals surface area contributed by atoms with Gasteiger partial charge in [-0.2, -0.15) is 0 Å². The van der Waals surface area contributed by atoms with E-state index in [9.17, 15) is 5.11 Å². The smallest absolute Gasteiger partial charge is 0.191 e. The zero-order valence-electron chi connectivity index (χ0n) is 9.80.